The Kier molecular flexibility index (Phi) is 9.97. The number of hydrogen-bond acceptors (Lipinski definition) is 4. The molecule has 0 bridgehead atoms. The first kappa shape index (κ1) is 40.8. The van der Waals surface area contributed by atoms with E-state index in [-0.39, 0.29) is 0 Å². The summed E-state index contributed by atoms with van der Waals surface area (Å²) in [5, 5.41) is 11.6. The number of allylic oxidation sites excluding steroid dienone is 7. The highest BCUT2D eigenvalue weighted by atomic mass is 32.1. The van der Waals surface area contributed by atoms with Crippen LogP contribution in [-0.2, 0) is 0 Å². The van der Waals surface area contributed by atoms with Gasteiger partial charge in [-0.3, -0.25) is 0 Å². The number of fused-ring (bicyclic) bond motifs is 6. The van der Waals surface area contributed by atoms with Crippen molar-refractivity contribution in [2.24, 2.45) is 0 Å². The molecule has 0 atom stereocenters. The first-order valence-electron chi connectivity index (χ1n) is 22.8. The Morgan fingerprint density at radius 2 is 1.03 bits per heavy atom. The molecule has 0 aliphatic carbocycles. The molecule has 12 aromatic rings. The van der Waals surface area contributed by atoms with Gasteiger partial charge in [-0.15, -0.1) is 11.3 Å². The third kappa shape index (κ3) is 6.34. The average Bonchev–Trinajstić information content (AvgIpc) is 3.98. The molecule has 4 heteroatoms. The molecule has 0 radical (unpaired) electrons. The first-order valence-corrected chi connectivity index (χ1v) is 23.6. The number of anilines is 5. The molecule has 0 saturated carbocycles. The van der Waals surface area contributed by atoms with Gasteiger partial charge in [-0.25, -0.2) is 0 Å². The smallest absolute Gasteiger partial charge is 0.159 e. The van der Waals surface area contributed by atoms with Crippen LogP contribution in [0.15, 0.2) is 255 Å². The Morgan fingerprint density at radius 3 is 1.72 bits per heavy atom. The van der Waals surface area contributed by atoms with Crippen molar-refractivity contribution in [1.29, 1.82) is 0 Å². The van der Waals surface area contributed by atoms with Gasteiger partial charge >= 0.3 is 0 Å². The largest absolute Gasteiger partial charge is 0.453 e. The zero-order valence-corrected chi connectivity index (χ0v) is 38.1. The van der Waals surface area contributed by atoms with Crippen LogP contribution in [-0.4, -0.2) is 0 Å². The third-order valence-electron chi connectivity index (χ3n) is 13.3. The molecule has 0 amide bonds. The monoisotopic (exact) mass is 888 g/mol. The Morgan fingerprint density at radius 1 is 0.441 bits per heavy atom. The lowest BCUT2D eigenvalue weighted by Crippen LogP contribution is -2.16. The normalized spacial score (nSPS) is 12.2. The predicted molar refractivity (Wildman–Crippen MR) is 296 cm³/mol. The van der Waals surface area contributed by atoms with Crippen LogP contribution in [0.4, 0.5) is 28.4 Å². The van der Waals surface area contributed by atoms with Gasteiger partial charge in [0.2, 0.25) is 0 Å². The minimum Gasteiger partial charge on any atom is -0.453 e. The number of furan rings is 1. The molecular weight excluding hydrogens is 845 g/mol. The summed E-state index contributed by atoms with van der Waals surface area (Å²) in [6, 6.07) is 65.8. The summed E-state index contributed by atoms with van der Waals surface area (Å²) in [4.78, 5) is 4.72. The third-order valence-corrected chi connectivity index (χ3v) is 14.5. The Balaban J connectivity index is 1.10. The molecular formula is C64H44N2OS. The molecule has 3 nitrogen and oxygen atoms in total. The molecule has 2 heterocycles. The van der Waals surface area contributed by atoms with E-state index in [4.69, 9.17) is 4.42 Å². The van der Waals surface area contributed by atoms with E-state index >= 15 is 0 Å². The molecule has 10 aromatic carbocycles. The van der Waals surface area contributed by atoms with Crippen LogP contribution in [0.1, 0.15) is 5.56 Å². The van der Waals surface area contributed by atoms with E-state index in [1.807, 2.05) is 41.7 Å². The van der Waals surface area contributed by atoms with Crippen molar-refractivity contribution in [1.82, 2.24) is 0 Å². The van der Waals surface area contributed by atoms with E-state index in [0.717, 1.165) is 78.0 Å². The second kappa shape index (κ2) is 16.6. The van der Waals surface area contributed by atoms with Gasteiger partial charge in [0, 0.05) is 54.0 Å². The summed E-state index contributed by atoms with van der Waals surface area (Å²) in [6.45, 7) is 16.5. The maximum absolute atomic E-state index is 6.99. The molecule has 0 fully saturated rings. The molecule has 2 aromatic heterocycles. The quantitative estimate of drug-likeness (QED) is 0.0900. The number of nitrogens with zero attached hydrogens (tertiary/aromatic N) is 2. The van der Waals surface area contributed by atoms with Crippen LogP contribution < -0.4 is 9.80 Å². The van der Waals surface area contributed by atoms with Crippen LogP contribution >= 0.6 is 11.3 Å². The molecule has 0 spiro atoms. The molecule has 322 valence electrons. The second-order valence-corrected chi connectivity index (χ2v) is 18.0. The predicted octanol–water partition coefficient (Wildman–Crippen LogP) is 19.1. The van der Waals surface area contributed by atoms with Gasteiger partial charge in [-0.1, -0.05) is 196 Å². The number of benzene rings is 10. The standard InChI is InChI=1S/C64H44N2OS/c1-5-19-41(7-3)47-25-15-27-49-50-28-17-31-57(62(50)67-61(47)49)65(45(8-4)20-6-2)55-39-35-43-34-38-54-56(40-36-44-33-37-53(55)59(43)60(44)54)66(46-23-13-10-14-24-46)58-32-18-30-52-51-29-16-26-48(63(51)68-64(52)58)42-21-11-9-12-22-42/h5-40H,1-4H2/b41-19+,45-20+. The van der Waals surface area contributed by atoms with Crippen molar-refractivity contribution in [3.8, 4) is 11.1 Å². The van der Waals surface area contributed by atoms with E-state index in [9.17, 15) is 0 Å². The van der Waals surface area contributed by atoms with E-state index in [2.05, 4.69) is 218 Å². The van der Waals surface area contributed by atoms with Gasteiger partial charge in [-0.2, -0.15) is 0 Å². The molecule has 12 rings (SSSR count). The van der Waals surface area contributed by atoms with Crippen LogP contribution in [0.25, 0.3) is 91.1 Å². The molecule has 68 heavy (non-hydrogen) atoms. The summed E-state index contributed by atoms with van der Waals surface area (Å²) in [7, 11) is 0. The Bertz CT molecular complexity index is 4060. The molecule has 0 saturated heterocycles. The van der Waals surface area contributed by atoms with Crippen molar-refractivity contribution in [3.63, 3.8) is 0 Å². The molecule has 0 aliphatic rings. The number of para-hydroxylation sites is 3. The highest BCUT2D eigenvalue weighted by Gasteiger charge is 2.26. The van der Waals surface area contributed by atoms with Crippen LogP contribution in [0, 0.1) is 0 Å². The lowest BCUT2D eigenvalue weighted by molar-refractivity contribution is 0.667. The van der Waals surface area contributed by atoms with Gasteiger partial charge in [0.05, 0.1) is 27.4 Å². The fraction of sp³-hybridized carbons (Fsp3) is 0. The Labute approximate surface area is 399 Å². The van der Waals surface area contributed by atoms with Gasteiger partial charge in [0.25, 0.3) is 0 Å². The summed E-state index contributed by atoms with van der Waals surface area (Å²) in [5.74, 6) is 0. The Hall–Kier alpha value is -8.70. The van der Waals surface area contributed by atoms with Gasteiger partial charge in [-0.05, 0) is 86.8 Å². The van der Waals surface area contributed by atoms with Gasteiger partial charge in [0.15, 0.2) is 5.58 Å². The van der Waals surface area contributed by atoms with E-state index in [0.29, 0.717) is 0 Å². The van der Waals surface area contributed by atoms with E-state index in [1.54, 1.807) is 6.08 Å². The van der Waals surface area contributed by atoms with Crippen LogP contribution in [0.5, 0.6) is 0 Å². The highest BCUT2D eigenvalue weighted by Crippen LogP contribution is 2.51. The molecule has 0 N–H and O–H groups in total. The SMILES string of the molecule is C=C/C=C(\C=C)c1cccc2c1oc1c(N(/C(C=C)=C/C=C)c3ccc4ccc5c(N(c6ccccc6)c6cccc7c6sc6c(-c8ccccc8)cccc67)ccc6ccc3c4c65)cccc12. The zero-order valence-electron chi connectivity index (χ0n) is 37.3. The van der Waals surface area contributed by atoms with Crippen molar-refractivity contribution in [2.45, 2.75) is 0 Å². The minimum absolute atomic E-state index is 0.770. The fourth-order valence-corrected chi connectivity index (χ4v) is 11.7. The number of thiophene rings is 1. The summed E-state index contributed by atoms with van der Waals surface area (Å²) in [6.07, 6.45) is 11.3. The van der Waals surface area contributed by atoms with Crippen molar-refractivity contribution >= 4 is 120 Å². The lowest BCUT2D eigenvalue weighted by atomic mass is 9.91. The molecule has 0 aliphatic heterocycles. The maximum Gasteiger partial charge on any atom is 0.159 e. The minimum atomic E-state index is 0.770. The fourth-order valence-electron chi connectivity index (χ4n) is 10.3. The van der Waals surface area contributed by atoms with Crippen molar-refractivity contribution in [3.05, 3.63) is 256 Å². The number of hydrogen-bond donors (Lipinski definition) is 0. The summed E-state index contributed by atoms with van der Waals surface area (Å²) in [5.41, 5.74) is 12.0. The molecule has 0 unspecified atom stereocenters. The van der Waals surface area contributed by atoms with E-state index < -0.39 is 0 Å². The van der Waals surface area contributed by atoms with Crippen molar-refractivity contribution in [2.75, 3.05) is 9.80 Å². The first-order chi connectivity index (χ1) is 33.6. The topological polar surface area (TPSA) is 19.6 Å². The lowest BCUT2D eigenvalue weighted by Gasteiger charge is -2.29. The second-order valence-electron chi connectivity index (χ2n) is 16.9. The van der Waals surface area contributed by atoms with E-state index in [1.165, 1.54) is 52.8 Å². The highest BCUT2D eigenvalue weighted by molar-refractivity contribution is 7.27. The summed E-state index contributed by atoms with van der Waals surface area (Å²) < 4.78 is 9.52. The van der Waals surface area contributed by atoms with Gasteiger partial charge in [0.1, 0.15) is 5.58 Å². The number of rotatable bonds is 12. The van der Waals surface area contributed by atoms with Crippen molar-refractivity contribution < 1.29 is 4.42 Å². The summed E-state index contributed by atoms with van der Waals surface area (Å²) >= 11 is 1.87. The zero-order chi connectivity index (χ0) is 45.9. The van der Waals surface area contributed by atoms with Crippen LogP contribution in [0.2, 0.25) is 0 Å². The maximum atomic E-state index is 6.99. The van der Waals surface area contributed by atoms with Crippen LogP contribution in [0.3, 0.4) is 0 Å². The van der Waals surface area contributed by atoms with Gasteiger partial charge < -0.3 is 14.2 Å². The average molecular weight is 889 g/mol.